The molecule has 0 bridgehead atoms. The molecule has 0 saturated heterocycles. The third-order valence-corrected chi connectivity index (χ3v) is 5.31. The molecule has 6 heteroatoms. The molecule has 0 radical (unpaired) electrons. The Kier molecular flexibility index (Phi) is 6.42. The average molecular weight is 375 g/mol. The molecule has 0 saturated carbocycles. The van der Waals surface area contributed by atoms with E-state index >= 15 is 0 Å². The number of hydrogen-bond acceptors (Lipinski definition) is 3. The van der Waals surface area contributed by atoms with Crippen molar-refractivity contribution in [1.29, 1.82) is 0 Å². The van der Waals surface area contributed by atoms with Gasteiger partial charge in [0.25, 0.3) is 0 Å². The van der Waals surface area contributed by atoms with Crippen LogP contribution in [0, 0.1) is 6.92 Å². The molecule has 0 fully saturated rings. The van der Waals surface area contributed by atoms with Crippen molar-refractivity contribution in [2.24, 2.45) is 0 Å². The Bertz CT molecular complexity index is 862. The molecule has 0 aliphatic rings. The average Bonchev–Trinajstić information content (AvgIpc) is 2.55. The molecule has 0 unspecified atom stereocenters. The van der Waals surface area contributed by atoms with E-state index in [1.165, 1.54) is 10.6 Å². The summed E-state index contributed by atoms with van der Waals surface area (Å²) in [5.41, 5.74) is 3.21. The van der Waals surface area contributed by atoms with Gasteiger partial charge in [-0.05, 0) is 36.1 Å². The van der Waals surface area contributed by atoms with Crippen LogP contribution < -0.4 is 9.62 Å². The van der Waals surface area contributed by atoms with Crippen LogP contribution >= 0.6 is 0 Å². The molecule has 0 heterocycles. The van der Waals surface area contributed by atoms with Gasteiger partial charge in [-0.1, -0.05) is 50.2 Å². The number of amides is 1. The fraction of sp³-hybridized carbons (Fsp3) is 0.350. The summed E-state index contributed by atoms with van der Waals surface area (Å²) in [7, 11) is -3.51. The molecular formula is C20H26N2O3S. The van der Waals surface area contributed by atoms with Gasteiger partial charge >= 0.3 is 0 Å². The zero-order chi connectivity index (χ0) is 19.3. The predicted molar refractivity (Wildman–Crippen MR) is 107 cm³/mol. The van der Waals surface area contributed by atoms with Crippen LogP contribution in [0.1, 0.15) is 37.3 Å². The van der Waals surface area contributed by atoms with Crippen LogP contribution in [0.25, 0.3) is 0 Å². The van der Waals surface area contributed by atoms with E-state index in [9.17, 15) is 13.2 Å². The highest BCUT2D eigenvalue weighted by Crippen LogP contribution is 2.32. The SMILES string of the molecule is Cc1cccc(C(C)C)c1N(CCC(=O)Nc1ccccc1)S(C)(=O)=O. The van der Waals surface area contributed by atoms with Gasteiger partial charge in [0.2, 0.25) is 15.9 Å². The lowest BCUT2D eigenvalue weighted by Crippen LogP contribution is -2.34. The number of benzene rings is 2. The number of para-hydroxylation sites is 2. The molecule has 0 aromatic heterocycles. The van der Waals surface area contributed by atoms with Gasteiger partial charge in [0.15, 0.2) is 0 Å². The van der Waals surface area contributed by atoms with Crippen molar-refractivity contribution < 1.29 is 13.2 Å². The van der Waals surface area contributed by atoms with E-state index in [1.807, 2.05) is 57.2 Å². The number of carbonyl (C=O) groups excluding carboxylic acids is 1. The van der Waals surface area contributed by atoms with Crippen LogP contribution in [0.15, 0.2) is 48.5 Å². The standard InChI is InChI=1S/C20H26N2O3S/c1-15(2)18-12-8-9-16(3)20(18)22(26(4,24)25)14-13-19(23)21-17-10-6-5-7-11-17/h5-12,15H,13-14H2,1-4H3,(H,21,23). The van der Waals surface area contributed by atoms with Crippen LogP contribution in [0.2, 0.25) is 0 Å². The van der Waals surface area contributed by atoms with Gasteiger partial charge in [-0.25, -0.2) is 8.42 Å². The Morgan fingerprint density at radius 2 is 1.73 bits per heavy atom. The van der Waals surface area contributed by atoms with Gasteiger partial charge in [-0.3, -0.25) is 9.10 Å². The van der Waals surface area contributed by atoms with E-state index in [0.717, 1.165) is 11.1 Å². The molecule has 0 atom stereocenters. The molecule has 2 aromatic rings. The lowest BCUT2D eigenvalue weighted by atomic mass is 9.98. The molecule has 0 aliphatic heterocycles. The monoisotopic (exact) mass is 374 g/mol. The highest BCUT2D eigenvalue weighted by Gasteiger charge is 2.24. The number of hydrogen-bond donors (Lipinski definition) is 1. The number of nitrogens with one attached hydrogen (secondary N) is 1. The Balaban J connectivity index is 2.24. The number of nitrogens with zero attached hydrogens (tertiary/aromatic N) is 1. The molecule has 2 aromatic carbocycles. The topological polar surface area (TPSA) is 66.5 Å². The first-order valence-electron chi connectivity index (χ1n) is 8.62. The Hall–Kier alpha value is -2.34. The Morgan fingerprint density at radius 3 is 2.31 bits per heavy atom. The fourth-order valence-electron chi connectivity index (χ4n) is 2.88. The normalized spacial score (nSPS) is 11.4. The molecular weight excluding hydrogens is 348 g/mol. The summed E-state index contributed by atoms with van der Waals surface area (Å²) in [4.78, 5) is 12.2. The van der Waals surface area contributed by atoms with Crippen molar-refractivity contribution in [3.8, 4) is 0 Å². The maximum Gasteiger partial charge on any atom is 0.232 e. The molecule has 140 valence electrons. The van der Waals surface area contributed by atoms with Crippen molar-refractivity contribution in [2.75, 3.05) is 22.4 Å². The Morgan fingerprint density at radius 1 is 1.08 bits per heavy atom. The smallest absolute Gasteiger partial charge is 0.232 e. The first-order valence-corrected chi connectivity index (χ1v) is 10.5. The van der Waals surface area contributed by atoms with Crippen molar-refractivity contribution >= 4 is 27.3 Å². The summed E-state index contributed by atoms with van der Waals surface area (Å²) in [6.45, 7) is 6.05. The summed E-state index contributed by atoms with van der Waals surface area (Å²) in [5.74, 6) is -0.0446. The van der Waals surface area contributed by atoms with Crippen LogP contribution in [0.4, 0.5) is 11.4 Å². The molecule has 5 nitrogen and oxygen atoms in total. The van der Waals surface area contributed by atoms with Crippen LogP contribution in [-0.4, -0.2) is 27.1 Å². The van der Waals surface area contributed by atoms with Crippen molar-refractivity contribution in [3.05, 3.63) is 59.7 Å². The minimum absolute atomic E-state index is 0.0772. The molecule has 1 amide bonds. The molecule has 0 aliphatic carbocycles. The van der Waals surface area contributed by atoms with Crippen LogP contribution in [0.3, 0.4) is 0 Å². The molecule has 1 N–H and O–H groups in total. The van der Waals surface area contributed by atoms with Gasteiger partial charge in [-0.2, -0.15) is 0 Å². The van der Waals surface area contributed by atoms with Gasteiger partial charge in [-0.15, -0.1) is 0 Å². The third kappa shape index (κ3) is 5.08. The van der Waals surface area contributed by atoms with E-state index in [2.05, 4.69) is 5.32 Å². The second kappa shape index (κ2) is 8.36. The minimum atomic E-state index is -3.51. The number of carbonyl (C=O) groups is 1. The lowest BCUT2D eigenvalue weighted by molar-refractivity contribution is -0.116. The maximum absolute atomic E-state index is 12.4. The number of anilines is 2. The van der Waals surface area contributed by atoms with Gasteiger partial charge < -0.3 is 5.32 Å². The number of rotatable bonds is 7. The lowest BCUT2D eigenvalue weighted by Gasteiger charge is -2.28. The maximum atomic E-state index is 12.4. The number of aryl methyl sites for hydroxylation is 1. The number of sulfonamides is 1. The first-order chi connectivity index (χ1) is 12.2. The third-order valence-electron chi connectivity index (χ3n) is 4.14. The largest absolute Gasteiger partial charge is 0.326 e. The highest BCUT2D eigenvalue weighted by atomic mass is 32.2. The summed E-state index contributed by atoms with van der Waals surface area (Å²) < 4.78 is 26.2. The molecule has 2 rings (SSSR count). The van der Waals surface area contributed by atoms with Gasteiger partial charge in [0, 0.05) is 18.7 Å². The second-order valence-corrected chi connectivity index (χ2v) is 8.57. The van der Waals surface area contributed by atoms with Crippen molar-refractivity contribution in [1.82, 2.24) is 0 Å². The fourth-order valence-corrected chi connectivity index (χ4v) is 3.88. The second-order valence-electron chi connectivity index (χ2n) is 6.67. The Labute approximate surface area is 156 Å². The van der Waals surface area contributed by atoms with E-state index < -0.39 is 10.0 Å². The quantitative estimate of drug-likeness (QED) is 0.799. The van der Waals surface area contributed by atoms with Crippen LogP contribution in [-0.2, 0) is 14.8 Å². The van der Waals surface area contributed by atoms with Gasteiger partial charge in [0.1, 0.15) is 0 Å². The van der Waals surface area contributed by atoms with E-state index in [4.69, 9.17) is 0 Å². The zero-order valence-corrected chi connectivity index (χ0v) is 16.5. The van der Waals surface area contributed by atoms with E-state index in [1.54, 1.807) is 12.1 Å². The first kappa shape index (κ1) is 20.0. The zero-order valence-electron chi connectivity index (χ0n) is 15.7. The van der Waals surface area contributed by atoms with E-state index in [-0.39, 0.29) is 24.8 Å². The van der Waals surface area contributed by atoms with Gasteiger partial charge in [0.05, 0.1) is 11.9 Å². The summed E-state index contributed by atoms with van der Waals surface area (Å²) in [5, 5.41) is 2.79. The summed E-state index contributed by atoms with van der Waals surface area (Å²) in [6.07, 6.45) is 1.26. The van der Waals surface area contributed by atoms with Crippen molar-refractivity contribution in [3.63, 3.8) is 0 Å². The van der Waals surface area contributed by atoms with Crippen molar-refractivity contribution in [2.45, 2.75) is 33.1 Å². The highest BCUT2D eigenvalue weighted by molar-refractivity contribution is 7.92. The molecule has 26 heavy (non-hydrogen) atoms. The summed E-state index contributed by atoms with van der Waals surface area (Å²) >= 11 is 0. The summed E-state index contributed by atoms with van der Waals surface area (Å²) in [6, 6.07) is 14.9. The van der Waals surface area contributed by atoms with Crippen LogP contribution in [0.5, 0.6) is 0 Å². The predicted octanol–water partition coefficient (Wildman–Crippen LogP) is 3.91. The van der Waals surface area contributed by atoms with E-state index in [0.29, 0.717) is 11.4 Å². The minimum Gasteiger partial charge on any atom is -0.326 e. The molecule has 0 spiro atoms.